The Morgan fingerprint density at radius 2 is 2.05 bits per heavy atom. The summed E-state index contributed by atoms with van der Waals surface area (Å²) >= 11 is 0. The molecule has 4 nitrogen and oxygen atoms in total. The van der Waals surface area contributed by atoms with Crippen LogP contribution in [0.2, 0.25) is 0 Å². The first kappa shape index (κ1) is 15.8. The van der Waals surface area contributed by atoms with Crippen molar-refractivity contribution in [3.8, 4) is 0 Å². The van der Waals surface area contributed by atoms with Crippen molar-refractivity contribution in [2.75, 3.05) is 19.6 Å². The molecule has 1 aliphatic rings. The summed E-state index contributed by atoms with van der Waals surface area (Å²) in [4.78, 5) is 7.01. The quantitative estimate of drug-likeness (QED) is 0.645. The molecular weight excluding hydrogens is 260 g/mol. The monoisotopic (exact) mass is 288 g/mol. The maximum atomic E-state index is 5.89. The number of hydrogen-bond acceptors (Lipinski definition) is 2. The normalized spacial score (nSPS) is 16.6. The molecule has 116 valence electrons. The van der Waals surface area contributed by atoms with Crippen LogP contribution in [0.4, 0.5) is 0 Å². The number of benzene rings is 1. The minimum absolute atomic E-state index is 0.0199. The molecule has 0 bridgehead atoms. The highest BCUT2D eigenvalue weighted by Gasteiger charge is 2.29. The Labute approximate surface area is 128 Å². The summed E-state index contributed by atoms with van der Waals surface area (Å²) in [5.41, 5.74) is 8.84. The van der Waals surface area contributed by atoms with Gasteiger partial charge in [0.05, 0.1) is 6.54 Å². The number of fused-ring (bicyclic) bond motifs is 1. The van der Waals surface area contributed by atoms with Gasteiger partial charge in [-0.25, -0.2) is 0 Å². The van der Waals surface area contributed by atoms with E-state index in [1.54, 1.807) is 0 Å². The lowest BCUT2D eigenvalue weighted by Crippen LogP contribution is -2.49. The standard InChI is InChI=1S/C17H28N4/c1-4-10-19-16(18)20-13-17(2,3)21-11-9-14-7-5-6-8-15(14)12-21/h5-8H,4,9-13H2,1-3H3,(H3,18,19,20). The van der Waals surface area contributed by atoms with Gasteiger partial charge in [0.1, 0.15) is 0 Å². The SMILES string of the molecule is CCCNC(N)=NCC(C)(C)N1CCc2ccccc2C1. The second-order valence-electron chi connectivity index (χ2n) is 6.38. The van der Waals surface area contributed by atoms with Crippen LogP contribution in [0.25, 0.3) is 0 Å². The van der Waals surface area contributed by atoms with Gasteiger partial charge in [-0.3, -0.25) is 9.89 Å². The van der Waals surface area contributed by atoms with Gasteiger partial charge in [0.15, 0.2) is 5.96 Å². The average molecular weight is 288 g/mol. The lowest BCUT2D eigenvalue weighted by atomic mass is 9.94. The van der Waals surface area contributed by atoms with Crippen molar-refractivity contribution >= 4 is 5.96 Å². The molecule has 1 aliphatic heterocycles. The summed E-state index contributed by atoms with van der Waals surface area (Å²) < 4.78 is 0. The van der Waals surface area contributed by atoms with Crippen LogP contribution >= 0.6 is 0 Å². The van der Waals surface area contributed by atoms with Crippen LogP contribution in [-0.2, 0) is 13.0 Å². The van der Waals surface area contributed by atoms with Gasteiger partial charge in [0, 0.05) is 25.2 Å². The zero-order valence-corrected chi connectivity index (χ0v) is 13.5. The smallest absolute Gasteiger partial charge is 0.188 e. The molecule has 0 saturated heterocycles. The maximum absolute atomic E-state index is 5.89. The predicted molar refractivity (Wildman–Crippen MR) is 89.4 cm³/mol. The topological polar surface area (TPSA) is 53.6 Å². The molecule has 4 heteroatoms. The zero-order valence-electron chi connectivity index (χ0n) is 13.5. The maximum Gasteiger partial charge on any atom is 0.188 e. The summed E-state index contributed by atoms with van der Waals surface area (Å²) in [6, 6.07) is 8.73. The van der Waals surface area contributed by atoms with Gasteiger partial charge in [-0.05, 0) is 37.8 Å². The predicted octanol–water partition coefficient (Wildman–Crippen LogP) is 2.14. The summed E-state index contributed by atoms with van der Waals surface area (Å²) in [7, 11) is 0. The van der Waals surface area contributed by atoms with Crippen molar-refractivity contribution in [3.63, 3.8) is 0 Å². The van der Waals surface area contributed by atoms with E-state index in [2.05, 4.69) is 60.2 Å². The molecular formula is C17H28N4. The van der Waals surface area contributed by atoms with Gasteiger partial charge in [0.2, 0.25) is 0 Å². The second kappa shape index (κ2) is 6.94. The van der Waals surface area contributed by atoms with E-state index < -0.39 is 0 Å². The number of guanidine groups is 1. The molecule has 0 amide bonds. The number of aliphatic imine (C=N–C) groups is 1. The number of hydrogen-bond donors (Lipinski definition) is 2. The van der Waals surface area contributed by atoms with Crippen LogP contribution in [0.5, 0.6) is 0 Å². The summed E-state index contributed by atoms with van der Waals surface area (Å²) in [6.07, 6.45) is 2.18. The fourth-order valence-corrected chi connectivity index (χ4v) is 2.70. The second-order valence-corrected chi connectivity index (χ2v) is 6.38. The minimum atomic E-state index is 0.0199. The van der Waals surface area contributed by atoms with E-state index in [9.17, 15) is 0 Å². The highest BCUT2D eigenvalue weighted by atomic mass is 15.2. The zero-order chi connectivity index (χ0) is 15.3. The molecule has 1 aromatic carbocycles. The van der Waals surface area contributed by atoms with Gasteiger partial charge in [-0.2, -0.15) is 0 Å². The van der Waals surface area contributed by atoms with Crippen molar-refractivity contribution in [2.24, 2.45) is 10.7 Å². The first-order valence-electron chi connectivity index (χ1n) is 7.88. The first-order chi connectivity index (χ1) is 10.0. The Morgan fingerprint density at radius 1 is 1.33 bits per heavy atom. The molecule has 1 aromatic rings. The fraction of sp³-hybridized carbons (Fsp3) is 0.588. The van der Waals surface area contributed by atoms with Gasteiger partial charge in [-0.1, -0.05) is 31.2 Å². The van der Waals surface area contributed by atoms with Gasteiger partial charge in [-0.15, -0.1) is 0 Å². The van der Waals surface area contributed by atoms with Crippen LogP contribution in [0.15, 0.2) is 29.3 Å². The van der Waals surface area contributed by atoms with Crippen LogP contribution in [-0.4, -0.2) is 36.0 Å². The van der Waals surface area contributed by atoms with Crippen LogP contribution in [0.3, 0.4) is 0 Å². The Morgan fingerprint density at radius 3 is 2.76 bits per heavy atom. The molecule has 0 aliphatic carbocycles. The highest BCUT2D eigenvalue weighted by molar-refractivity contribution is 5.77. The van der Waals surface area contributed by atoms with E-state index in [-0.39, 0.29) is 5.54 Å². The molecule has 0 saturated carbocycles. The van der Waals surface area contributed by atoms with E-state index >= 15 is 0 Å². The molecule has 0 aromatic heterocycles. The highest BCUT2D eigenvalue weighted by Crippen LogP contribution is 2.25. The third kappa shape index (κ3) is 4.21. The van der Waals surface area contributed by atoms with Gasteiger partial charge in [0.25, 0.3) is 0 Å². The summed E-state index contributed by atoms with van der Waals surface area (Å²) in [5.74, 6) is 0.558. The molecule has 0 fully saturated rings. The number of rotatable bonds is 5. The van der Waals surface area contributed by atoms with Crippen LogP contribution in [0, 0.1) is 0 Å². The molecule has 0 spiro atoms. The van der Waals surface area contributed by atoms with E-state index in [1.807, 2.05) is 0 Å². The third-order valence-electron chi connectivity index (χ3n) is 4.18. The van der Waals surface area contributed by atoms with E-state index in [0.717, 1.165) is 39.0 Å². The number of nitrogens with one attached hydrogen (secondary N) is 1. The number of nitrogens with zero attached hydrogens (tertiary/aromatic N) is 2. The molecule has 21 heavy (non-hydrogen) atoms. The van der Waals surface area contributed by atoms with Crippen LogP contribution < -0.4 is 11.1 Å². The molecule has 2 rings (SSSR count). The van der Waals surface area contributed by atoms with Crippen molar-refractivity contribution in [1.29, 1.82) is 0 Å². The summed E-state index contributed by atoms with van der Waals surface area (Å²) in [6.45, 7) is 10.3. The Hall–Kier alpha value is -1.55. The van der Waals surface area contributed by atoms with Crippen molar-refractivity contribution in [2.45, 2.75) is 45.7 Å². The lowest BCUT2D eigenvalue weighted by molar-refractivity contribution is 0.112. The molecule has 0 atom stereocenters. The molecule has 1 heterocycles. The van der Waals surface area contributed by atoms with Crippen molar-refractivity contribution in [3.05, 3.63) is 35.4 Å². The van der Waals surface area contributed by atoms with Crippen molar-refractivity contribution < 1.29 is 0 Å². The third-order valence-corrected chi connectivity index (χ3v) is 4.18. The van der Waals surface area contributed by atoms with Gasteiger partial charge >= 0.3 is 0 Å². The Kier molecular flexibility index (Phi) is 5.23. The van der Waals surface area contributed by atoms with E-state index in [1.165, 1.54) is 11.1 Å². The van der Waals surface area contributed by atoms with Crippen LogP contribution in [0.1, 0.15) is 38.3 Å². The van der Waals surface area contributed by atoms with Gasteiger partial charge < -0.3 is 11.1 Å². The lowest BCUT2D eigenvalue weighted by Gasteiger charge is -2.40. The summed E-state index contributed by atoms with van der Waals surface area (Å²) in [5, 5.41) is 3.13. The Bertz CT molecular complexity index is 493. The molecule has 0 radical (unpaired) electrons. The fourth-order valence-electron chi connectivity index (χ4n) is 2.70. The van der Waals surface area contributed by atoms with E-state index in [4.69, 9.17) is 5.73 Å². The largest absolute Gasteiger partial charge is 0.370 e. The minimum Gasteiger partial charge on any atom is -0.370 e. The van der Waals surface area contributed by atoms with Crippen molar-refractivity contribution in [1.82, 2.24) is 10.2 Å². The molecule has 0 unspecified atom stereocenters. The van der Waals surface area contributed by atoms with E-state index in [0.29, 0.717) is 5.96 Å². The Balaban J connectivity index is 1.97. The number of nitrogens with two attached hydrogens (primary N) is 1. The first-order valence-corrected chi connectivity index (χ1v) is 7.88. The molecule has 3 N–H and O–H groups in total. The average Bonchev–Trinajstić information content (AvgIpc) is 2.50.